The standard InChI is InChI=1S/C56H68N2O2/c1-51(2,3)33-19-21-41-45(29-33)57(39-25-35(53(7,8)9)23-36(26-39)54(10,11)12)47-31-44-48(32-43(47)49(41)59)58(46-30-34(52(4,5)6)20-22-42(46)50(44)60)40-27-37(55(13,14)15)24-38(28-40)56(16,17)18/h19-32H,1-18H3. The highest BCUT2D eigenvalue weighted by Crippen LogP contribution is 2.39. The predicted molar refractivity (Wildman–Crippen MR) is 260 cm³/mol. The molecule has 4 nitrogen and oxygen atoms in total. The van der Waals surface area contributed by atoms with Gasteiger partial charge in [-0.1, -0.05) is 149 Å². The lowest BCUT2D eigenvalue weighted by Crippen LogP contribution is -2.20. The Kier molecular flexibility index (Phi) is 9.91. The zero-order valence-electron chi connectivity index (χ0n) is 39.8. The van der Waals surface area contributed by atoms with E-state index in [-0.39, 0.29) is 43.3 Å². The minimum Gasteiger partial charge on any atom is -0.309 e. The van der Waals surface area contributed by atoms with E-state index in [0.29, 0.717) is 21.5 Å². The highest BCUT2D eigenvalue weighted by Gasteiger charge is 2.27. The lowest BCUT2D eigenvalue weighted by atomic mass is 9.80. The molecule has 0 saturated heterocycles. The molecule has 0 spiro atoms. The summed E-state index contributed by atoms with van der Waals surface area (Å²) in [5.74, 6) is 0. The van der Waals surface area contributed by atoms with E-state index in [1.54, 1.807) is 0 Å². The molecule has 0 aliphatic carbocycles. The van der Waals surface area contributed by atoms with Crippen LogP contribution in [0.15, 0.2) is 94.5 Å². The van der Waals surface area contributed by atoms with Gasteiger partial charge in [-0.3, -0.25) is 9.59 Å². The van der Waals surface area contributed by atoms with Gasteiger partial charge < -0.3 is 9.13 Å². The SMILES string of the molecule is CC(C)(C)c1cc(-n2c3cc(C(C)(C)C)ccc3c(=O)c3cc4c(cc32)c(=O)c2ccc(C(C)(C)C)cc2n4-c2cc(C(C)(C)C)cc(C(C)(C)C)c2)cc(C(C)(C)C)c1. The van der Waals surface area contributed by atoms with E-state index in [1.807, 2.05) is 24.3 Å². The van der Waals surface area contributed by atoms with Crippen molar-refractivity contribution in [2.24, 2.45) is 0 Å². The first-order valence-electron chi connectivity index (χ1n) is 21.8. The Morgan fingerprint density at radius 1 is 0.283 bits per heavy atom. The molecule has 0 aliphatic heterocycles. The Bertz CT molecular complexity index is 2730. The van der Waals surface area contributed by atoms with Crippen LogP contribution in [0.25, 0.3) is 55.0 Å². The number of pyridine rings is 2. The Labute approximate surface area is 358 Å². The molecule has 7 rings (SSSR count). The van der Waals surface area contributed by atoms with Gasteiger partial charge in [-0.25, -0.2) is 0 Å². The summed E-state index contributed by atoms with van der Waals surface area (Å²) in [6.45, 7) is 40.3. The second-order valence-electron chi connectivity index (χ2n) is 23.7. The molecule has 4 heteroatoms. The van der Waals surface area contributed by atoms with Gasteiger partial charge in [0, 0.05) is 32.9 Å². The summed E-state index contributed by atoms with van der Waals surface area (Å²) in [4.78, 5) is 30.4. The number of fused-ring (bicyclic) bond motifs is 4. The van der Waals surface area contributed by atoms with E-state index in [9.17, 15) is 0 Å². The maximum atomic E-state index is 15.2. The summed E-state index contributed by atoms with van der Waals surface area (Å²) in [5, 5.41) is 2.48. The van der Waals surface area contributed by atoms with Crippen LogP contribution in [0.2, 0.25) is 0 Å². The van der Waals surface area contributed by atoms with Crippen LogP contribution in [0.4, 0.5) is 0 Å². The summed E-state index contributed by atoms with van der Waals surface area (Å²) in [6, 6.07) is 30.5. The van der Waals surface area contributed by atoms with Crippen molar-refractivity contribution in [3.8, 4) is 11.4 Å². The molecule has 60 heavy (non-hydrogen) atoms. The summed E-state index contributed by atoms with van der Waals surface area (Å²) in [5.41, 5.74) is 11.4. The molecule has 0 unspecified atom stereocenters. The van der Waals surface area contributed by atoms with Crippen molar-refractivity contribution in [3.63, 3.8) is 0 Å². The third kappa shape index (κ3) is 7.65. The van der Waals surface area contributed by atoms with E-state index in [0.717, 1.165) is 44.6 Å². The van der Waals surface area contributed by atoms with Gasteiger partial charge in [0.15, 0.2) is 10.9 Å². The highest BCUT2D eigenvalue weighted by atomic mass is 16.1. The van der Waals surface area contributed by atoms with E-state index in [2.05, 4.69) is 194 Å². The molecular formula is C56H68N2O2. The Morgan fingerprint density at radius 2 is 0.533 bits per heavy atom. The average Bonchev–Trinajstić information content (AvgIpc) is 3.12. The quantitative estimate of drug-likeness (QED) is 0.164. The molecule has 0 N–H and O–H groups in total. The molecule has 0 saturated carbocycles. The summed E-state index contributed by atoms with van der Waals surface area (Å²) in [6.07, 6.45) is 0. The summed E-state index contributed by atoms with van der Waals surface area (Å²) >= 11 is 0. The number of hydrogen-bond acceptors (Lipinski definition) is 2. The molecule has 0 bridgehead atoms. The molecule has 314 valence electrons. The zero-order valence-corrected chi connectivity index (χ0v) is 39.8. The number of benzene rings is 5. The Morgan fingerprint density at radius 3 is 0.783 bits per heavy atom. The van der Waals surface area contributed by atoms with Crippen molar-refractivity contribution in [1.29, 1.82) is 0 Å². The van der Waals surface area contributed by atoms with Gasteiger partial charge in [0.25, 0.3) is 0 Å². The Hall–Kier alpha value is -4.96. The van der Waals surface area contributed by atoms with Crippen molar-refractivity contribution >= 4 is 43.6 Å². The fourth-order valence-corrected chi connectivity index (χ4v) is 8.38. The van der Waals surface area contributed by atoms with E-state index < -0.39 is 0 Å². The van der Waals surface area contributed by atoms with Gasteiger partial charge in [-0.05, 0) is 127 Å². The van der Waals surface area contributed by atoms with Crippen molar-refractivity contribution in [3.05, 3.63) is 139 Å². The highest BCUT2D eigenvalue weighted by molar-refractivity contribution is 6.05. The monoisotopic (exact) mass is 801 g/mol. The average molecular weight is 801 g/mol. The van der Waals surface area contributed by atoms with E-state index in [4.69, 9.17) is 0 Å². The van der Waals surface area contributed by atoms with Gasteiger partial charge in [0.05, 0.1) is 22.1 Å². The van der Waals surface area contributed by atoms with Crippen LogP contribution >= 0.6 is 0 Å². The molecule has 0 fully saturated rings. The van der Waals surface area contributed by atoms with Crippen molar-refractivity contribution in [2.75, 3.05) is 0 Å². The summed E-state index contributed by atoms with van der Waals surface area (Å²) in [7, 11) is 0. The van der Waals surface area contributed by atoms with Gasteiger partial charge in [-0.2, -0.15) is 0 Å². The molecule has 0 aliphatic rings. The van der Waals surface area contributed by atoms with Crippen LogP contribution < -0.4 is 10.9 Å². The van der Waals surface area contributed by atoms with Crippen LogP contribution in [0.5, 0.6) is 0 Å². The molecule has 0 radical (unpaired) electrons. The first-order valence-corrected chi connectivity index (χ1v) is 21.8. The maximum absolute atomic E-state index is 15.2. The third-order valence-corrected chi connectivity index (χ3v) is 12.6. The molecule has 0 amide bonds. The van der Waals surface area contributed by atoms with Crippen LogP contribution in [-0.2, 0) is 32.5 Å². The minimum absolute atomic E-state index is 0.0389. The van der Waals surface area contributed by atoms with Crippen LogP contribution in [0.3, 0.4) is 0 Å². The van der Waals surface area contributed by atoms with Crippen LogP contribution in [0, 0.1) is 0 Å². The zero-order chi connectivity index (χ0) is 44.4. The second kappa shape index (κ2) is 13.8. The topological polar surface area (TPSA) is 44.0 Å². The Balaban J connectivity index is 1.77. The van der Waals surface area contributed by atoms with Gasteiger partial charge in [-0.15, -0.1) is 0 Å². The maximum Gasteiger partial charge on any atom is 0.197 e. The largest absolute Gasteiger partial charge is 0.309 e. The second-order valence-corrected chi connectivity index (χ2v) is 23.7. The van der Waals surface area contributed by atoms with Gasteiger partial charge in [0.1, 0.15) is 0 Å². The first-order chi connectivity index (χ1) is 27.4. The lowest BCUT2D eigenvalue weighted by molar-refractivity contribution is 0.567. The minimum atomic E-state index is -0.150. The molecule has 2 aromatic heterocycles. The smallest absolute Gasteiger partial charge is 0.197 e. The third-order valence-electron chi connectivity index (χ3n) is 12.6. The van der Waals surface area contributed by atoms with Gasteiger partial charge >= 0.3 is 0 Å². The fraction of sp³-hybridized carbons (Fsp3) is 0.429. The number of nitrogens with zero attached hydrogens (tertiary/aromatic N) is 2. The van der Waals surface area contributed by atoms with E-state index >= 15 is 9.59 Å². The number of hydrogen-bond donors (Lipinski definition) is 0. The first kappa shape index (κ1) is 43.1. The predicted octanol–water partition coefficient (Wildman–Crippen LogP) is 14.4. The number of rotatable bonds is 2. The molecular weight excluding hydrogens is 733 g/mol. The van der Waals surface area contributed by atoms with Crippen LogP contribution in [0.1, 0.15) is 158 Å². The van der Waals surface area contributed by atoms with Crippen molar-refractivity contribution in [1.82, 2.24) is 9.13 Å². The van der Waals surface area contributed by atoms with Gasteiger partial charge in [0.2, 0.25) is 0 Å². The number of aromatic nitrogens is 2. The van der Waals surface area contributed by atoms with Crippen molar-refractivity contribution < 1.29 is 0 Å². The summed E-state index contributed by atoms with van der Waals surface area (Å²) < 4.78 is 4.53. The fourth-order valence-electron chi connectivity index (χ4n) is 8.38. The molecule has 0 atom stereocenters. The van der Waals surface area contributed by atoms with E-state index in [1.165, 1.54) is 22.3 Å². The van der Waals surface area contributed by atoms with Crippen molar-refractivity contribution in [2.45, 2.75) is 157 Å². The lowest BCUT2D eigenvalue weighted by Gasteiger charge is -2.28. The molecule has 5 aromatic carbocycles. The molecule has 2 heterocycles. The normalized spacial score (nSPS) is 13.6. The molecule has 7 aromatic rings. The van der Waals surface area contributed by atoms with Crippen LogP contribution in [-0.4, -0.2) is 9.13 Å².